The first kappa shape index (κ1) is 15.6. The molecule has 0 amide bonds. The fourth-order valence-corrected chi connectivity index (χ4v) is 3.31. The van der Waals surface area contributed by atoms with E-state index in [1.165, 1.54) is 0 Å². The molecule has 0 saturated heterocycles. The van der Waals surface area contributed by atoms with Crippen LogP contribution < -0.4 is 28.4 Å². The average Bonchev–Trinajstić information content (AvgIpc) is 3.03. The fourth-order valence-electron chi connectivity index (χ4n) is 3.31. The van der Waals surface area contributed by atoms with Crippen LogP contribution in [0.5, 0.6) is 34.5 Å². The van der Waals surface area contributed by atoms with Gasteiger partial charge in [0.1, 0.15) is 13.2 Å². The molecule has 25 heavy (non-hydrogen) atoms. The van der Waals surface area contributed by atoms with Crippen LogP contribution in [0, 0.1) is 0 Å². The molecule has 7 heteroatoms. The summed E-state index contributed by atoms with van der Waals surface area (Å²) in [6.07, 6.45) is 0. The van der Waals surface area contributed by atoms with Gasteiger partial charge < -0.3 is 33.4 Å². The third kappa shape index (κ3) is 2.12. The average molecular weight is 345 g/mol. The van der Waals surface area contributed by atoms with Crippen molar-refractivity contribution in [1.82, 2.24) is 4.98 Å². The van der Waals surface area contributed by atoms with Gasteiger partial charge in [0, 0.05) is 11.5 Å². The van der Waals surface area contributed by atoms with Crippen LogP contribution in [0.1, 0.15) is 0 Å². The Balaban J connectivity index is 2.16. The molecule has 0 atom stereocenters. The minimum Gasteiger partial charge on any atom is -0.493 e. The Labute approximate surface area is 144 Å². The summed E-state index contributed by atoms with van der Waals surface area (Å²) < 4.78 is 33.7. The first-order valence-electron chi connectivity index (χ1n) is 7.84. The maximum atomic E-state index is 5.86. The summed E-state index contributed by atoms with van der Waals surface area (Å²) in [5, 5.41) is 1.76. The zero-order chi connectivity index (χ0) is 17.6. The van der Waals surface area contributed by atoms with Crippen LogP contribution in [0.15, 0.2) is 12.1 Å². The molecule has 1 N–H and O–H groups in total. The van der Waals surface area contributed by atoms with E-state index in [2.05, 4.69) is 4.98 Å². The number of fused-ring (bicyclic) bond motifs is 5. The number of rotatable bonds is 4. The SMILES string of the molecule is COc1cc2c([nH]c3cc(OC)c(OC)c(OC)c32)c2c1OCCO2. The number of H-pyrrole nitrogens is 1. The van der Waals surface area contributed by atoms with Gasteiger partial charge in [0.05, 0.1) is 44.9 Å². The highest BCUT2D eigenvalue weighted by atomic mass is 16.6. The molecule has 0 aliphatic carbocycles. The third-order valence-corrected chi connectivity index (χ3v) is 4.36. The Morgan fingerprint density at radius 1 is 0.800 bits per heavy atom. The minimum atomic E-state index is 0.481. The molecule has 0 spiro atoms. The van der Waals surface area contributed by atoms with Crippen molar-refractivity contribution in [2.45, 2.75) is 0 Å². The maximum Gasteiger partial charge on any atom is 0.205 e. The summed E-state index contributed by atoms with van der Waals surface area (Å²) in [6, 6.07) is 3.79. The summed E-state index contributed by atoms with van der Waals surface area (Å²) >= 11 is 0. The number of ether oxygens (including phenoxy) is 6. The normalized spacial score (nSPS) is 13.1. The second-order valence-corrected chi connectivity index (χ2v) is 5.55. The Hall–Kier alpha value is -2.96. The molecule has 1 aromatic heterocycles. The molecule has 0 bridgehead atoms. The summed E-state index contributed by atoms with van der Waals surface area (Å²) in [5.74, 6) is 3.55. The van der Waals surface area contributed by atoms with Crippen LogP contribution in [0.2, 0.25) is 0 Å². The van der Waals surface area contributed by atoms with Crippen LogP contribution >= 0.6 is 0 Å². The zero-order valence-corrected chi connectivity index (χ0v) is 14.5. The van der Waals surface area contributed by atoms with E-state index in [4.69, 9.17) is 28.4 Å². The molecule has 0 saturated carbocycles. The largest absolute Gasteiger partial charge is 0.493 e. The van der Waals surface area contributed by atoms with E-state index in [0.717, 1.165) is 21.8 Å². The number of methoxy groups -OCH3 is 4. The van der Waals surface area contributed by atoms with Crippen molar-refractivity contribution in [2.75, 3.05) is 41.7 Å². The molecular formula is C18H19NO6. The molecule has 2 aromatic carbocycles. The van der Waals surface area contributed by atoms with E-state index in [-0.39, 0.29) is 0 Å². The first-order valence-corrected chi connectivity index (χ1v) is 7.84. The van der Waals surface area contributed by atoms with Crippen molar-refractivity contribution in [1.29, 1.82) is 0 Å². The van der Waals surface area contributed by atoms with E-state index < -0.39 is 0 Å². The van der Waals surface area contributed by atoms with Gasteiger partial charge in [0.2, 0.25) is 11.5 Å². The lowest BCUT2D eigenvalue weighted by atomic mass is 10.1. The molecule has 4 rings (SSSR count). The van der Waals surface area contributed by atoms with Crippen molar-refractivity contribution in [3.05, 3.63) is 12.1 Å². The van der Waals surface area contributed by atoms with E-state index in [1.807, 2.05) is 12.1 Å². The molecule has 2 heterocycles. The highest BCUT2D eigenvalue weighted by molar-refractivity contribution is 6.15. The second kappa shape index (κ2) is 5.84. The number of benzene rings is 2. The van der Waals surface area contributed by atoms with Gasteiger partial charge in [-0.1, -0.05) is 0 Å². The first-order chi connectivity index (χ1) is 12.2. The summed E-state index contributed by atoms with van der Waals surface area (Å²) in [4.78, 5) is 3.38. The maximum absolute atomic E-state index is 5.86. The quantitative estimate of drug-likeness (QED) is 0.783. The molecule has 3 aromatic rings. The highest BCUT2D eigenvalue weighted by Crippen LogP contribution is 2.51. The van der Waals surface area contributed by atoms with E-state index in [0.29, 0.717) is 47.7 Å². The van der Waals surface area contributed by atoms with Crippen LogP contribution in [-0.2, 0) is 0 Å². The van der Waals surface area contributed by atoms with Gasteiger partial charge in [-0.25, -0.2) is 0 Å². The van der Waals surface area contributed by atoms with Crippen LogP contribution in [-0.4, -0.2) is 46.6 Å². The molecule has 0 fully saturated rings. The van der Waals surface area contributed by atoms with Crippen molar-refractivity contribution in [3.63, 3.8) is 0 Å². The van der Waals surface area contributed by atoms with Gasteiger partial charge in [0.15, 0.2) is 23.0 Å². The van der Waals surface area contributed by atoms with Crippen molar-refractivity contribution < 1.29 is 28.4 Å². The van der Waals surface area contributed by atoms with Gasteiger partial charge in [-0.05, 0) is 6.07 Å². The van der Waals surface area contributed by atoms with Gasteiger partial charge in [-0.2, -0.15) is 0 Å². The van der Waals surface area contributed by atoms with Crippen molar-refractivity contribution in [2.24, 2.45) is 0 Å². The van der Waals surface area contributed by atoms with E-state index >= 15 is 0 Å². The summed E-state index contributed by atoms with van der Waals surface area (Å²) in [5.41, 5.74) is 1.66. The lowest BCUT2D eigenvalue weighted by molar-refractivity contribution is 0.167. The molecule has 7 nitrogen and oxygen atoms in total. The van der Waals surface area contributed by atoms with E-state index in [1.54, 1.807) is 28.4 Å². The summed E-state index contributed by atoms with van der Waals surface area (Å²) in [6.45, 7) is 0.967. The topological polar surface area (TPSA) is 71.2 Å². The van der Waals surface area contributed by atoms with Crippen LogP contribution in [0.3, 0.4) is 0 Å². The summed E-state index contributed by atoms with van der Waals surface area (Å²) in [7, 11) is 6.38. The van der Waals surface area contributed by atoms with Crippen LogP contribution in [0.25, 0.3) is 21.8 Å². The van der Waals surface area contributed by atoms with Gasteiger partial charge in [-0.15, -0.1) is 0 Å². The second-order valence-electron chi connectivity index (χ2n) is 5.55. The molecular weight excluding hydrogens is 326 g/mol. The zero-order valence-electron chi connectivity index (χ0n) is 14.5. The lowest BCUT2D eigenvalue weighted by Crippen LogP contribution is -2.16. The molecule has 1 aliphatic rings. The number of hydrogen-bond donors (Lipinski definition) is 1. The number of nitrogens with one attached hydrogen (secondary N) is 1. The predicted octanol–water partition coefficient (Wildman–Crippen LogP) is 3.13. The van der Waals surface area contributed by atoms with Crippen molar-refractivity contribution in [3.8, 4) is 34.5 Å². The molecule has 132 valence electrons. The van der Waals surface area contributed by atoms with Crippen molar-refractivity contribution >= 4 is 21.8 Å². The Morgan fingerprint density at radius 3 is 2.12 bits per heavy atom. The fraction of sp³-hybridized carbons (Fsp3) is 0.333. The Morgan fingerprint density at radius 2 is 1.48 bits per heavy atom. The lowest BCUT2D eigenvalue weighted by Gasteiger charge is -2.21. The predicted molar refractivity (Wildman–Crippen MR) is 93.0 cm³/mol. The molecule has 0 unspecified atom stereocenters. The standard InChI is InChI=1S/C18H19NO6/c1-20-11-7-9-13-10(8-12(21-2)15(22-3)17(13)23-4)19-14(9)18-16(11)24-5-6-25-18/h7-8,19H,5-6H2,1-4H3. The Kier molecular flexibility index (Phi) is 3.63. The van der Waals surface area contributed by atoms with E-state index in [9.17, 15) is 0 Å². The Bertz CT molecular complexity index is 962. The molecule has 0 radical (unpaired) electrons. The third-order valence-electron chi connectivity index (χ3n) is 4.36. The van der Waals surface area contributed by atoms with Gasteiger partial charge >= 0.3 is 0 Å². The van der Waals surface area contributed by atoms with Gasteiger partial charge in [0.25, 0.3) is 0 Å². The number of aromatic amines is 1. The monoisotopic (exact) mass is 345 g/mol. The van der Waals surface area contributed by atoms with Gasteiger partial charge in [-0.3, -0.25) is 0 Å². The molecule has 1 aliphatic heterocycles. The highest BCUT2D eigenvalue weighted by Gasteiger charge is 2.26. The van der Waals surface area contributed by atoms with Crippen LogP contribution in [0.4, 0.5) is 0 Å². The number of hydrogen-bond acceptors (Lipinski definition) is 6. The minimum absolute atomic E-state index is 0.481. The number of aromatic nitrogens is 1. The smallest absolute Gasteiger partial charge is 0.205 e.